The van der Waals surface area contributed by atoms with Crippen LogP contribution >= 0.6 is 11.3 Å². The molecule has 0 aliphatic carbocycles. The Morgan fingerprint density at radius 3 is 2.68 bits per heavy atom. The molecule has 6 nitrogen and oxygen atoms in total. The topological polar surface area (TPSA) is 91.3 Å². The van der Waals surface area contributed by atoms with Gasteiger partial charge in [0.05, 0.1) is 12.2 Å². The van der Waals surface area contributed by atoms with Crippen LogP contribution in [0.3, 0.4) is 0 Å². The molecule has 7 heteroatoms. The fraction of sp³-hybridized carbons (Fsp3) is 0.267. The number of aromatic nitrogens is 1. The lowest BCUT2D eigenvalue weighted by molar-refractivity contribution is -0.137. The summed E-state index contributed by atoms with van der Waals surface area (Å²) in [7, 11) is 0. The maximum atomic E-state index is 11.5. The molecule has 0 unspecified atom stereocenters. The monoisotopic (exact) mass is 319 g/mol. The summed E-state index contributed by atoms with van der Waals surface area (Å²) in [6, 6.07) is 9.53. The Bertz CT molecular complexity index is 628. The molecule has 1 aromatic heterocycles. The van der Waals surface area contributed by atoms with Gasteiger partial charge in [0.25, 0.3) is 0 Å². The van der Waals surface area contributed by atoms with Crippen LogP contribution in [0.1, 0.15) is 18.5 Å². The van der Waals surface area contributed by atoms with E-state index >= 15 is 0 Å². The van der Waals surface area contributed by atoms with Crippen molar-refractivity contribution in [2.45, 2.75) is 19.4 Å². The molecular weight excluding hydrogens is 302 g/mol. The molecule has 0 saturated heterocycles. The van der Waals surface area contributed by atoms with Crippen molar-refractivity contribution in [2.75, 3.05) is 6.54 Å². The molecule has 1 aromatic carbocycles. The first kappa shape index (κ1) is 16.0. The second kappa shape index (κ2) is 8.14. The maximum Gasteiger partial charge on any atom is 0.315 e. The average Bonchev–Trinajstić information content (AvgIpc) is 2.99. The van der Waals surface area contributed by atoms with Gasteiger partial charge in [0.2, 0.25) is 0 Å². The summed E-state index contributed by atoms with van der Waals surface area (Å²) >= 11 is 1.53. The zero-order chi connectivity index (χ0) is 15.8. The smallest absolute Gasteiger partial charge is 0.315 e. The molecule has 0 bridgehead atoms. The van der Waals surface area contributed by atoms with Crippen LogP contribution in [0.2, 0.25) is 0 Å². The minimum Gasteiger partial charge on any atom is -0.481 e. The number of hydrogen-bond acceptors (Lipinski definition) is 4. The molecule has 1 heterocycles. The van der Waals surface area contributed by atoms with Gasteiger partial charge in [0.1, 0.15) is 5.01 Å². The van der Waals surface area contributed by atoms with Crippen LogP contribution in [0.5, 0.6) is 0 Å². The molecule has 2 aromatic rings. The molecule has 0 radical (unpaired) electrons. The normalized spacial score (nSPS) is 10.2. The molecule has 22 heavy (non-hydrogen) atoms. The van der Waals surface area contributed by atoms with Crippen molar-refractivity contribution in [3.8, 4) is 10.6 Å². The van der Waals surface area contributed by atoms with E-state index in [1.165, 1.54) is 11.3 Å². The number of benzene rings is 1. The third kappa shape index (κ3) is 5.17. The summed E-state index contributed by atoms with van der Waals surface area (Å²) < 4.78 is 0. The van der Waals surface area contributed by atoms with Gasteiger partial charge >= 0.3 is 12.0 Å². The zero-order valence-electron chi connectivity index (χ0n) is 11.9. The SMILES string of the molecule is O=C(O)CCCNC(=O)NCc1csc(-c2ccccc2)n1. The fourth-order valence-corrected chi connectivity index (χ4v) is 2.60. The Morgan fingerprint density at radius 2 is 1.95 bits per heavy atom. The molecule has 0 atom stereocenters. The highest BCUT2D eigenvalue weighted by Crippen LogP contribution is 2.22. The minimum absolute atomic E-state index is 0.0484. The third-order valence-electron chi connectivity index (χ3n) is 2.86. The van der Waals surface area contributed by atoms with Crippen LogP contribution in [0.4, 0.5) is 4.79 Å². The number of nitrogens with one attached hydrogen (secondary N) is 2. The summed E-state index contributed by atoms with van der Waals surface area (Å²) in [5.74, 6) is -0.863. The number of carbonyl (C=O) groups is 2. The van der Waals surface area contributed by atoms with Crippen LogP contribution in [0, 0.1) is 0 Å². The van der Waals surface area contributed by atoms with Crippen LogP contribution < -0.4 is 10.6 Å². The van der Waals surface area contributed by atoms with Gasteiger partial charge in [-0.3, -0.25) is 4.79 Å². The Morgan fingerprint density at radius 1 is 1.18 bits per heavy atom. The molecule has 3 N–H and O–H groups in total. The number of carboxylic acids is 1. The highest BCUT2D eigenvalue weighted by atomic mass is 32.1. The quantitative estimate of drug-likeness (QED) is 0.684. The van der Waals surface area contributed by atoms with E-state index in [2.05, 4.69) is 15.6 Å². The van der Waals surface area contributed by atoms with Crippen LogP contribution in [-0.2, 0) is 11.3 Å². The van der Waals surface area contributed by atoms with E-state index in [-0.39, 0.29) is 12.5 Å². The number of hydrogen-bond donors (Lipinski definition) is 3. The molecule has 0 aliphatic heterocycles. The average molecular weight is 319 g/mol. The lowest BCUT2D eigenvalue weighted by Gasteiger charge is -2.05. The van der Waals surface area contributed by atoms with E-state index in [1.54, 1.807) is 0 Å². The van der Waals surface area contributed by atoms with Crippen LogP contribution in [-0.4, -0.2) is 28.6 Å². The standard InChI is InChI=1S/C15H17N3O3S/c19-13(20)7-4-8-16-15(21)17-9-12-10-22-14(18-12)11-5-2-1-3-6-11/h1-3,5-6,10H,4,7-9H2,(H,19,20)(H2,16,17,21). The number of aliphatic carboxylic acids is 1. The lowest BCUT2D eigenvalue weighted by Crippen LogP contribution is -2.35. The van der Waals surface area contributed by atoms with Gasteiger partial charge in [-0.1, -0.05) is 30.3 Å². The first-order chi connectivity index (χ1) is 10.6. The largest absolute Gasteiger partial charge is 0.481 e. The van der Waals surface area contributed by atoms with Crippen molar-refractivity contribution in [3.05, 3.63) is 41.4 Å². The van der Waals surface area contributed by atoms with Gasteiger partial charge in [-0.2, -0.15) is 0 Å². The number of thiazole rings is 1. The molecule has 0 saturated carbocycles. The first-order valence-electron chi connectivity index (χ1n) is 6.88. The second-order valence-electron chi connectivity index (χ2n) is 4.62. The van der Waals surface area contributed by atoms with Crippen molar-refractivity contribution in [2.24, 2.45) is 0 Å². The summed E-state index contributed by atoms with van der Waals surface area (Å²) in [5.41, 5.74) is 1.85. The van der Waals surface area contributed by atoms with Gasteiger partial charge in [-0.15, -0.1) is 11.3 Å². The number of amides is 2. The molecule has 2 amide bonds. The van der Waals surface area contributed by atoms with Crippen LogP contribution in [0.25, 0.3) is 10.6 Å². The number of carbonyl (C=O) groups excluding carboxylic acids is 1. The highest BCUT2D eigenvalue weighted by molar-refractivity contribution is 7.13. The molecule has 2 rings (SSSR count). The third-order valence-corrected chi connectivity index (χ3v) is 3.80. The molecule has 0 aliphatic rings. The van der Waals surface area contributed by atoms with Crippen molar-refractivity contribution in [3.63, 3.8) is 0 Å². The second-order valence-corrected chi connectivity index (χ2v) is 5.47. The Kier molecular flexibility index (Phi) is 5.91. The van der Waals surface area contributed by atoms with Gasteiger partial charge < -0.3 is 15.7 Å². The molecule has 0 fully saturated rings. The maximum absolute atomic E-state index is 11.5. The van der Waals surface area contributed by atoms with E-state index in [9.17, 15) is 9.59 Å². The van der Waals surface area contributed by atoms with E-state index in [1.807, 2.05) is 35.7 Å². The predicted octanol–water partition coefficient (Wildman–Crippen LogP) is 2.47. The van der Waals surface area contributed by atoms with Gasteiger partial charge in [0, 0.05) is 23.9 Å². The number of nitrogens with zero attached hydrogens (tertiary/aromatic N) is 1. The van der Waals surface area contributed by atoms with E-state index in [0.717, 1.165) is 16.3 Å². The van der Waals surface area contributed by atoms with Crippen LogP contribution in [0.15, 0.2) is 35.7 Å². The molecular formula is C15H17N3O3S. The summed E-state index contributed by atoms with van der Waals surface area (Å²) in [5, 5.41) is 16.6. The molecule has 0 spiro atoms. The summed E-state index contributed by atoms with van der Waals surface area (Å²) in [4.78, 5) is 26.4. The number of carboxylic acid groups (broad SMARTS) is 1. The van der Waals surface area contributed by atoms with Gasteiger partial charge in [-0.25, -0.2) is 9.78 Å². The Labute approximate surface area is 132 Å². The minimum atomic E-state index is -0.863. The van der Waals surface area contributed by atoms with E-state index in [4.69, 9.17) is 5.11 Å². The van der Waals surface area contributed by atoms with Gasteiger partial charge in [-0.05, 0) is 6.42 Å². The van der Waals surface area contributed by atoms with Crippen molar-refractivity contribution >= 4 is 23.3 Å². The van der Waals surface area contributed by atoms with Crippen molar-refractivity contribution in [1.29, 1.82) is 0 Å². The molecule has 116 valence electrons. The first-order valence-corrected chi connectivity index (χ1v) is 7.76. The Balaban J connectivity index is 1.74. The van der Waals surface area contributed by atoms with E-state index in [0.29, 0.717) is 19.5 Å². The Hall–Kier alpha value is -2.41. The predicted molar refractivity (Wildman–Crippen MR) is 84.7 cm³/mol. The highest BCUT2D eigenvalue weighted by Gasteiger charge is 2.06. The van der Waals surface area contributed by atoms with Crippen molar-refractivity contribution < 1.29 is 14.7 Å². The summed E-state index contributed by atoms with van der Waals surface area (Å²) in [6.45, 7) is 0.679. The van der Waals surface area contributed by atoms with E-state index < -0.39 is 5.97 Å². The number of urea groups is 1. The fourth-order valence-electron chi connectivity index (χ4n) is 1.78. The zero-order valence-corrected chi connectivity index (χ0v) is 12.7. The number of rotatable bonds is 7. The summed E-state index contributed by atoms with van der Waals surface area (Å²) in [6.07, 6.45) is 0.463. The van der Waals surface area contributed by atoms with Gasteiger partial charge in [0.15, 0.2) is 0 Å². The van der Waals surface area contributed by atoms with Crippen molar-refractivity contribution in [1.82, 2.24) is 15.6 Å². The lowest BCUT2D eigenvalue weighted by atomic mass is 10.2.